The molecule has 4 rings (SSSR count). The van der Waals surface area contributed by atoms with Crippen LogP contribution in [0, 0.1) is 0 Å². The summed E-state index contributed by atoms with van der Waals surface area (Å²) in [5.41, 5.74) is 0.613. The minimum Gasteiger partial charge on any atom is -0.494 e. The van der Waals surface area contributed by atoms with Crippen LogP contribution < -0.4 is 9.64 Å². The van der Waals surface area contributed by atoms with E-state index >= 15 is 0 Å². The van der Waals surface area contributed by atoms with Gasteiger partial charge in [-0.3, -0.25) is 4.79 Å². The van der Waals surface area contributed by atoms with E-state index in [4.69, 9.17) is 13.6 Å². The van der Waals surface area contributed by atoms with E-state index in [0.29, 0.717) is 25.3 Å². The molecular weight excluding hydrogens is 404 g/mol. The van der Waals surface area contributed by atoms with Crippen LogP contribution in [0.4, 0.5) is 5.88 Å². The van der Waals surface area contributed by atoms with Crippen LogP contribution in [0.25, 0.3) is 0 Å². The zero-order chi connectivity index (χ0) is 22.2. The minimum absolute atomic E-state index is 0.0718. The fraction of sp³-hybridized carbons (Fsp3) is 0.423. The fourth-order valence-corrected chi connectivity index (χ4v) is 3.92. The number of hydrogen-bond acceptors (Lipinski definition) is 5. The first kappa shape index (κ1) is 22.1. The molecule has 2 aromatic heterocycles. The predicted molar refractivity (Wildman–Crippen MR) is 124 cm³/mol. The molecule has 0 bridgehead atoms. The molecule has 32 heavy (non-hydrogen) atoms. The van der Waals surface area contributed by atoms with Gasteiger partial charge in [-0.1, -0.05) is 13.3 Å². The molecule has 1 amide bonds. The van der Waals surface area contributed by atoms with E-state index in [1.165, 1.54) is 19.3 Å². The molecule has 6 heteroatoms. The van der Waals surface area contributed by atoms with Gasteiger partial charge in [-0.25, -0.2) is 0 Å². The van der Waals surface area contributed by atoms with Gasteiger partial charge in [0.05, 0.1) is 26.0 Å². The molecule has 1 fully saturated rings. The lowest BCUT2D eigenvalue weighted by Crippen LogP contribution is -2.30. The maximum atomic E-state index is 13.3. The van der Waals surface area contributed by atoms with E-state index in [9.17, 15) is 4.79 Å². The first-order valence-corrected chi connectivity index (χ1v) is 11.6. The second kappa shape index (κ2) is 10.9. The number of unbranched alkanes of at least 4 members (excludes halogenated alkanes) is 1. The van der Waals surface area contributed by atoms with Gasteiger partial charge in [-0.05, 0) is 68.1 Å². The van der Waals surface area contributed by atoms with Crippen molar-refractivity contribution in [1.82, 2.24) is 4.90 Å². The second-order valence-corrected chi connectivity index (χ2v) is 8.25. The number of anilines is 1. The number of rotatable bonds is 10. The smallest absolute Gasteiger partial charge is 0.254 e. The molecule has 1 aromatic carbocycles. The van der Waals surface area contributed by atoms with Crippen molar-refractivity contribution in [3.63, 3.8) is 0 Å². The number of carbonyl (C=O) groups is 1. The molecule has 6 nitrogen and oxygen atoms in total. The van der Waals surface area contributed by atoms with Gasteiger partial charge in [-0.2, -0.15) is 0 Å². The van der Waals surface area contributed by atoms with Crippen molar-refractivity contribution in [2.45, 2.75) is 52.1 Å². The predicted octanol–water partition coefficient (Wildman–Crippen LogP) is 5.88. The van der Waals surface area contributed by atoms with Crippen molar-refractivity contribution in [3.05, 3.63) is 71.9 Å². The standard InChI is InChI=1S/C26H32N2O4/c1-2-3-17-30-22-11-9-21(10-12-22)26(29)28(19-23-8-7-18-31-23)20-24-13-14-25(32-24)27-15-5-4-6-16-27/h7-14,18H,2-6,15-17,19-20H2,1H3. The van der Waals surface area contributed by atoms with Crippen LogP contribution in [0.2, 0.25) is 0 Å². The Balaban J connectivity index is 1.46. The van der Waals surface area contributed by atoms with Gasteiger partial charge < -0.3 is 23.4 Å². The number of hydrogen-bond donors (Lipinski definition) is 0. The summed E-state index contributed by atoms with van der Waals surface area (Å²) in [5, 5.41) is 0. The van der Waals surface area contributed by atoms with Gasteiger partial charge in [0.2, 0.25) is 0 Å². The van der Waals surface area contributed by atoms with Crippen LogP contribution in [-0.2, 0) is 13.1 Å². The Bertz CT molecular complexity index is 956. The third kappa shape index (κ3) is 5.75. The zero-order valence-electron chi connectivity index (χ0n) is 18.8. The monoisotopic (exact) mass is 436 g/mol. The summed E-state index contributed by atoms with van der Waals surface area (Å²) in [7, 11) is 0. The van der Waals surface area contributed by atoms with Crippen LogP contribution >= 0.6 is 0 Å². The third-order valence-electron chi connectivity index (χ3n) is 5.74. The Hall–Kier alpha value is -3.15. The SMILES string of the molecule is CCCCOc1ccc(C(=O)N(Cc2ccco2)Cc2ccc(N3CCCCC3)o2)cc1. The summed E-state index contributed by atoms with van der Waals surface area (Å²) in [6.07, 6.45) is 7.39. The summed E-state index contributed by atoms with van der Waals surface area (Å²) in [4.78, 5) is 17.4. The van der Waals surface area contributed by atoms with Crippen molar-refractivity contribution in [2.24, 2.45) is 0 Å². The van der Waals surface area contributed by atoms with E-state index in [1.54, 1.807) is 11.2 Å². The lowest BCUT2D eigenvalue weighted by atomic mass is 10.1. The molecule has 0 N–H and O–H groups in total. The molecular formula is C26H32N2O4. The highest BCUT2D eigenvalue weighted by atomic mass is 16.5. The highest BCUT2D eigenvalue weighted by molar-refractivity contribution is 5.94. The summed E-state index contributed by atoms with van der Waals surface area (Å²) in [6, 6.07) is 15.1. The molecule has 1 saturated heterocycles. The lowest BCUT2D eigenvalue weighted by Gasteiger charge is -2.26. The average Bonchev–Trinajstić information content (AvgIpc) is 3.52. The molecule has 1 aliphatic heterocycles. The molecule has 170 valence electrons. The minimum atomic E-state index is -0.0718. The number of ether oxygens (including phenoxy) is 1. The molecule has 0 aliphatic carbocycles. The number of nitrogens with zero attached hydrogens (tertiary/aromatic N) is 2. The Labute approximate surface area is 189 Å². The molecule has 1 aliphatic rings. The van der Waals surface area contributed by atoms with Crippen molar-refractivity contribution >= 4 is 11.8 Å². The molecule has 0 atom stereocenters. The van der Waals surface area contributed by atoms with Crippen molar-refractivity contribution in [2.75, 3.05) is 24.6 Å². The molecule has 0 saturated carbocycles. The normalized spacial score (nSPS) is 13.8. The van der Waals surface area contributed by atoms with Gasteiger partial charge in [0.25, 0.3) is 5.91 Å². The van der Waals surface area contributed by atoms with Crippen LogP contribution in [-0.4, -0.2) is 30.5 Å². The van der Waals surface area contributed by atoms with E-state index in [1.807, 2.05) is 48.5 Å². The van der Waals surface area contributed by atoms with Crippen LogP contribution in [0.5, 0.6) is 5.75 Å². The van der Waals surface area contributed by atoms with Gasteiger partial charge >= 0.3 is 0 Å². The average molecular weight is 437 g/mol. The highest BCUT2D eigenvalue weighted by Crippen LogP contribution is 2.24. The first-order chi connectivity index (χ1) is 15.7. The Morgan fingerprint density at radius 1 is 1.00 bits per heavy atom. The van der Waals surface area contributed by atoms with Crippen LogP contribution in [0.3, 0.4) is 0 Å². The number of piperidine rings is 1. The van der Waals surface area contributed by atoms with Crippen molar-refractivity contribution in [1.29, 1.82) is 0 Å². The topological polar surface area (TPSA) is 59.1 Å². The molecule has 0 unspecified atom stereocenters. The number of benzene rings is 1. The number of amides is 1. The lowest BCUT2D eigenvalue weighted by molar-refractivity contribution is 0.0705. The number of furan rings is 2. The Kier molecular flexibility index (Phi) is 7.54. The van der Waals surface area contributed by atoms with Crippen molar-refractivity contribution < 1.29 is 18.4 Å². The van der Waals surface area contributed by atoms with Gasteiger partial charge in [0, 0.05) is 24.7 Å². The van der Waals surface area contributed by atoms with Gasteiger partial charge in [-0.15, -0.1) is 0 Å². The van der Waals surface area contributed by atoms with E-state index in [2.05, 4.69) is 11.8 Å². The number of carbonyl (C=O) groups excluding carboxylic acids is 1. The largest absolute Gasteiger partial charge is 0.494 e. The second-order valence-electron chi connectivity index (χ2n) is 8.25. The van der Waals surface area contributed by atoms with Gasteiger partial charge in [0.1, 0.15) is 17.3 Å². The Morgan fingerprint density at radius 2 is 1.78 bits per heavy atom. The maximum Gasteiger partial charge on any atom is 0.254 e. The van der Waals surface area contributed by atoms with Crippen LogP contribution in [0.1, 0.15) is 60.9 Å². The first-order valence-electron chi connectivity index (χ1n) is 11.6. The molecule has 3 aromatic rings. The van der Waals surface area contributed by atoms with E-state index < -0.39 is 0 Å². The summed E-state index contributed by atoms with van der Waals surface area (Å²) in [5.74, 6) is 3.10. The third-order valence-corrected chi connectivity index (χ3v) is 5.74. The quantitative estimate of drug-likeness (QED) is 0.371. The zero-order valence-corrected chi connectivity index (χ0v) is 18.8. The van der Waals surface area contributed by atoms with Crippen molar-refractivity contribution in [3.8, 4) is 5.75 Å². The fourth-order valence-electron chi connectivity index (χ4n) is 3.92. The highest BCUT2D eigenvalue weighted by Gasteiger charge is 2.21. The van der Waals surface area contributed by atoms with E-state index in [-0.39, 0.29) is 5.91 Å². The maximum absolute atomic E-state index is 13.3. The van der Waals surface area contributed by atoms with Crippen LogP contribution in [0.15, 0.2) is 63.6 Å². The molecule has 0 radical (unpaired) electrons. The summed E-state index contributed by atoms with van der Waals surface area (Å²) in [6.45, 7) is 5.62. The van der Waals surface area contributed by atoms with E-state index in [0.717, 1.165) is 49.1 Å². The van der Waals surface area contributed by atoms with Gasteiger partial charge in [0.15, 0.2) is 5.88 Å². The summed E-state index contributed by atoms with van der Waals surface area (Å²) >= 11 is 0. The summed E-state index contributed by atoms with van der Waals surface area (Å²) < 4.78 is 17.3. The molecule has 0 spiro atoms. The molecule has 3 heterocycles. The Morgan fingerprint density at radius 3 is 2.50 bits per heavy atom.